The molecule has 23 heavy (non-hydrogen) atoms. The number of benzene rings is 1. The molecule has 5 heteroatoms. The first kappa shape index (κ1) is 15.1. The van der Waals surface area contributed by atoms with Crippen LogP contribution in [-0.2, 0) is 13.0 Å². The highest BCUT2D eigenvalue weighted by Gasteiger charge is 2.03. The molecule has 2 N–H and O–H groups in total. The zero-order valence-corrected chi connectivity index (χ0v) is 13.1. The van der Waals surface area contributed by atoms with Crippen molar-refractivity contribution in [2.75, 3.05) is 17.2 Å². The molecule has 3 aromatic rings. The van der Waals surface area contributed by atoms with Gasteiger partial charge in [0, 0.05) is 12.6 Å². The molecule has 0 atom stereocenters. The van der Waals surface area contributed by atoms with E-state index in [0.29, 0.717) is 6.54 Å². The van der Waals surface area contributed by atoms with E-state index in [1.54, 1.807) is 6.26 Å². The highest BCUT2D eigenvalue weighted by molar-refractivity contribution is 5.47. The summed E-state index contributed by atoms with van der Waals surface area (Å²) >= 11 is 0. The minimum Gasteiger partial charge on any atom is -0.467 e. The quantitative estimate of drug-likeness (QED) is 0.697. The first-order valence-corrected chi connectivity index (χ1v) is 7.69. The third kappa shape index (κ3) is 4.57. The minimum absolute atomic E-state index is 0.604. The third-order valence-corrected chi connectivity index (χ3v) is 3.42. The van der Waals surface area contributed by atoms with Crippen LogP contribution in [0.3, 0.4) is 0 Å². The molecule has 5 nitrogen and oxygen atoms in total. The Morgan fingerprint density at radius 3 is 2.48 bits per heavy atom. The number of hydrogen-bond acceptors (Lipinski definition) is 5. The van der Waals surface area contributed by atoms with Gasteiger partial charge >= 0.3 is 0 Å². The van der Waals surface area contributed by atoms with Crippen LogP contribution in [0.15, 0.2) is 59.2 Å². The number of aromatic nitrogens is 2. The first-order valence-electron chi connectivity index (χ1n) is 7.69. The summed E-state index contributed by atoms with van der Waals surface area (Å²) in [6.45, 7) is 3.32. The molecule has 0 aliphatic heterocycles. The van der Waals surface area contributed by atoms with Gasteiger partial charge in [0.2, 0.25) is 0 Å². The van der Waals surface area contributed by atoms with Crippen LogP contribution < -0.4 is 10.6 Å². The summed E-state index contributed by atoms with van der Waals surface area (Å²) in [7, 11) is 0. The number of hydrogen-bond donors (Lipinski definition) is 2. The van der Waals surface area contributed by atoms with Crippen molar-refractivity contribution >= 4 is 11.6 Å². The summed E-state index contributed by atoms with van der Waals surface area (Å²) < 4.78 is 5.31. The molecule has 1 aromatic carbocycles. The van der Waals surface area contributed by atoms with E-state index in [4.69, 9.17) is 4.42 Å². The zero-order chi connectivity index (χ0) is 15.9. The van der Waals surface area contributed by atoms with Gasteiger partial charge in [0.05, 0.1) is 12.8 Å². The molecule has 0 fully saturated rings. The highest BCUT2D eigenvalue weighted by atomic mass is 16.3. The van der Waals surface area contributed by atoms with Crippen molar-refractivity contribution in [2.45, 2.75) is 19.9 Å². The molecule has 0 saturated carbocycles. The molecule has 2 heterocycles. The van der Waals surface area contributed by atoms with Crippen LogP contribution in [0, 0.1) is 6.92 Å². The molecule has 2 aromatic heterocycles. The lowest BCUT2D eigenvalue weighted by Crippen LogP contribution is -2.09. The fourth-order valence-electron chi connectivity index (χ4n) is 2.32. The zero-order valence-electron chi connectivity index (χ0n) is 13.1. The monoisotopic (exact) mass is 308 g/mol. The fourth-order valence-corrected chi connectivity index (χ4v) is 2.32. The second-order valence-corrected chi connectivity index (χ2v) is 5.28. The average Bonchev–Trinajstić information content (AvgIpc) is 3.07. The first-order chi connectivity index (χ1) is 11.3. The lowest BCUT2D eigenvalue weighted by molar-refractivity contribution is 0.518. The maximum Gasteiger partial charge on any atom is 0.132 e. The molecule has 0 aliphatic rings. The Balaban J connectivity index is 1.56. The Morgan fingerprint density at radius 1 is 0.957 bits per heavy atom. The molecule has 0 unspecified atom stereocenters. The van der Waals surface area contributed by atoms with E-state index in [2.05, 4.69) is 44.9 Å². The number of rotatable bonds is 7. The van der Waals surface area contributed by atoms with Crippen molar-refractivity contribution in [1.82, 2.24) is 9.97 Å². The second kappa shape index (κ2) is 7.45. The summed E-state index contributed by atoms with van der Waals surface area (Å²) in [5.74, 6) is 3.22. The van der Waals surface area contributed by atoms with Gasteiger partial charge < -0.3 is 15.1 Å². The van der Waals surface area contributed by atoms with Gasteiger partial charge in [0.25, 0.3) is 0 Å². The van der Waals surface area contributed by atoms with Crippen LogP contribution in [0.5, 0.6) is 0 Å². The largest absolute Gasteiger partial charge is 0.467 e. The number of nitrogens with one attached hydrogen (secondary N) is 2. The van der Waals surface area contributed by atoms with Gasteiger partial charge in [-0.25, -0.2) is 9.97 Å². The van der Waals surface area contributed by atoms with Crippen molar-refractivity contribution in [3.05, 3.63) is 71.9 Å². The molecular weight excluding hydrogens is 288 g/mol. The van der Waals surface area contributed by atoms with Crippen LogP contribution in [-0.4, -0.2) is 16.5 Å². The van der Waals surface area contributed by atoms with E-state index >= 15 is 0 Å². The van der Waals surface area contributed by atoms with Crippen molar-refractivity contribution in [3.63, 3.8) is 0 Å². The van der Waals surface area contributed by atoms with Crippen LogP contribution >= 0.6 is 0 Å². The van der Waals surface area contributed by atoms with E-state index in [-0.39, 0.29) is 0 Å². The van der Waals surface area contributed by atoms with E-state index in [0.717, 1.165) is 36.2 Å². The molecule has 0 bridgehead atoms. The van der Waals surface area contributed by atoms with Crippen molar-refractivity contribution in [2.24, 2.45) is 0 Å². The smallest absolute Gasteiger partial charge is 0.132 e. The van der Waals surface area contributed by atoms with Gasteiger partial charge in [-0.3, -0.25) is 0 Å². The molecule has 0 saturated heterocycles. The fraction of sp³-hybridized carbons (Fsp3) is 0.222. The number of nitrogens with zero attached hydrogens (tertiary/aromatic N) is 2. The minimum atomic E-state index is 0.604. The Labute approximate surface area is 135 Å². The van der Waals surface area contributed by atoms with Crippen LogP contribution in [0.4, 0.5) is 11.6 Å². The lowest BCUT2D eigenvalue weighted by atomic mass is 10.1. The Kier molecular flexibility index (Phi) is 4.88. The van der Waals surface area contributed by atoms with E-state index in [9.17, 15) is 0 Å². The SMILES string of the molecule is Cc1nc(NCCc2ccccc2)cc(NCc2ccco2)n1. The Morgan fingerprint density at radius 2 is 1.74 bits per heavy atom. The highest BCUT2D eigenvalue weighted by Crippen LogP contribution is 2.13. The van der Waals surface area contributed by atoms with E-state index < -0.39 is 0 Å². The van der Waals surface area contributed by atoms with Crippen molar-refractivity contribution < 1.29 is 4.42 Å². The predicted octanol–water partition coefficient (Wildman–Crippen LogP) is 3.64. The average molecular weight is 308 g/mol. The summed E-state index contributed by atoms with van der Waals surface area (Å²) in [6, 6.07) is 16.1. The van der Waals surface area contributed by atoms with Crippen LogP contribution in [0.2, 0.25) is 0 Å². The second-order valence-electron chi connectivity index (χ2n) is 5.28. The van der Waals surface area contributed by atoms with E-state index in [1.165, 1.54) is 5.56 Å². The standard InChI is InChI=1S/C18H20N4O/c1-14-21-17(19-10-9-15-6-3-2-4-7-15)12-18(22-14)20-13-16-8-5-11-23-16/h2-8,11-12H,9-10,13H2,1H3,(H2,19,20,21,22). The van der Waals surface area contributed by atoms with E-state index in [1.807, 2.05) is 31.2 Å². The predicted molar refractivity (Wildman–Crippen MR) is 91.4 cm³/mol. The van der Waals surface area contributed by atoms with Gasteiger partial charge in [-0.1, -0.05) is 30.3 Å². The molecule has 0 spiro atoms. The molecule has 118 valence electrons. The molecule has 0 aliphatic carbocycles. The van der Waals surface area contributed by atoms with Gasteiger partial charge in [-0.2, -0.15) is 0 Å². The summed E-state index contributed by atoms with van der Waals surface area (Å²) in [4.78, 5) is 8.82. The third-order valence-electron chi connectivity index (χ3n) is 3.42. The van der Waals surface area contributed by atoms with Gasteiger partial charge in [-0.15, -0.1) is 0 Å². The molecule has 0 amide bonds. The summed E-state index contributed by atoms with van der Waals surface area (Å²) in [6.07, 6.45) is 2.62. The molecule has 0 radical (unpaired) electrons. The molecule has 3 rings (SSSR count). The van der Waals surface area contributed by atoms with Crippen molar-refractivity contribution in [1.29, 1.82) is 0 Å². The normalized spacial score (nSPS) is 10.5. The van der Waals surface area contributed by atoms with Gasteiger partial charge in [-0.05, 0) is 31.0 Å². The Hall–Kier alpha value is -2.82. The maximum atomic E-state index is 5.31. The van der Waals surface area contributed by atoms with Gasteiger partial charge in [0.1, 0.15) is 23.2 Å². The Bertz CT molecular complexity index is 726. The number of anilines is 2. The van der Waals surface area contributed by atoms with Crippen LogP contribution in [0.25, 0.3) is 0 Å². The van der Waals surface area contributed by atoms with Gasteiger partial charge in [0.15, 0.2) is 0 Å². The number of aryl methyl sites for hydroxylation is 1. The summed E-state index contributed by atoms with van der Waals surface area (Å²) in [5, 5.41) is 6.60. The number of furan rings is 1. The molecular formula is C18H20N4O. The van der Waals surface area contributed by atoms with Crippen molar-refractivity contribution in [3.8, 4) is 0 Å². The lowest BCUT2D eigenvalue weighted by Gasteiger charge is -2.09. The topological polar surface area (TPSA) is 63.0 Å². The summed E-state index contributed by atoms with van der Waals surface area (Å²) in [5.41, 5.74) is 1.31. The maximum absolute atomic E-state index is 5.31. The van der Waals surface area contributed by atoms with Crippen LogP contribution in [0.1, 0.15) is 17.1 Å².